The minimum absolute atomic E-state index is 0.305. The van der Waals surface area contributed by atoms with Gasteiger partial charge in [0.15, 0.2) is 0 Å². The van der Waals surface area contributed by atoms with E-state index < -0.39 is 5.97 Å². The molecule has 1 aromatic rings. The Labute approximate surface area is 108 Å². The summed E-state index contributed by atoms with van der Waals surface area (Å²) in [5.74, 6) is 0.266. The van der Waals surface area contributed by atoms with Crippen LogP contribution in [0, 0.1) is 31.6 Å². The predicted octanol–water partition coefficient (Wildman–Crippen LogP) is 3.36. The summed E-state index contributed by atoms with van der Waals surface area (Å²) in [6.07, 6.45) is 15.9. The van der Waals surface area contributed by atoms with Crippen LogP contribution in [0.25, 0.3) is 6.08 Å². The summed E-state index contributed by atoms with van der Waals surface area (Å²) in [7, 11) is 0. The highest BCUT2D eigenvalue weighted by Crippen LogP contribution is 2.23. The van der Waals surface area contributed by atoms with Gasteiger partial charge in [-0.05, 0) is 43.4 Å². The van der Waals surface area contributed by atoms with Crippen LogP contribution in [0.2, 0.25) is 0 Å². The first-order chi connectivity index (χ1) is 8.75. The lowest BCUT2D eigenvalue weighted by molar-refractivity contribution is 0.0697. The number of benzene rings is 1. The largest absolute Gasteiger partial charge is 0.478 e. The van der Waals surface area contributed by atoms with Crippen molar-refractivity contribution in [1.82, 2.24) is 0 Å². The van der Waals surface area contributed by atoms with Gasteiger partial charge in [-0.3, -0.25) is 0 Å². The molecule has 0 aliphatic heterocycles. The smallest absolute Gasteiger partial charge is 0.335 e. The second-order valence-corrected chi connectivity index (χ2v) is 3.86. The molecule has 1 saturated carbocycles. The molecule has 0 aromatic heterocycles. The zero-order valence-corrected chi connectivity index (χ0v) is 9.78. The molecule has 1 N–H and O–H groups in total. The molecule has 1 aliphatic carbocycles. The van der Waals surface area contributed by atoms with Crippen LogP contribution < -0.4 is 0 Å². The van der Waals surface area contributed by atoms with Crippen molar-refractivity contribution in [3.8, 4) is 0 Å². The summed E-state index contributed by atoms with van der Waals surface area (Å²) in [5.41, 5.74) is 1.28. The lowest BCUT2D eigenvalue weighted by Gasteiger charge is -1.96. The molecular weight excluding hydrogens is 224 g/mol. The number of hydrogen-bond donors (Lipinski definition) is 1. The fourth-order valence-corrected chi connectivity index (χ4v) is 1.57. The normalized spacial score (nSPS) is 16.9. The van der Waals surface area contributed by atoms with Gasteiger partial charge in [0, 0.05) is 5.92 Å². The highest BCUT2D eigenvalue weighted by molar-refractivity contribution is 5.87. The van der Waals surface area contributed by atoms with Gasteiger partial charge in [-0.1, -0.05) is 36.4 Å². The third-order valence-electron chi connectivity index (χ3n) is 2.53. The standard InChI is InChI=1S/C16H13O2/c17-16(18)15-11-9-14(10-12-15)8-4-3-7-13-5-1-2-6-13/h1-12H,(H,17,18)/b7-3+,8-4+. The van der Waals surface area contributed by atoms with Gasteiger partial charge in [0.1, 0.15) is 0 Å². The summed E-state index contributed by atoms with van der Waals surface area (Å²) in [5, 5.41) is 8.77. The van der Waals surface area contributed by atoms with Crippen LogP contribution in [0.15, 0.2) is 42.5 Å². The van der Waals surface area contributed by atoms with E-state index in [1.165, 1.54) is 5.92 Å². The second kappa shape index (κ2) is 6.20. The number of aromatic carboxylic acids is 1. The third kappa shape index (κ3) is 3.59. The van der Waals surface area contributed by atoms with Gasteiger partial charge in [-0.25, -0.2) is 4.79 Å². The second-order valence-electron chi connectivity index (χ2n) is 3.86. The van der Waals surface area contributed by atoms with Crippen LogP contribution in [0.4, 0.5) is 0 Å². The fourth-order valence-electron chi connectivity index (χ4n) is 1.57. The number of rotatable bonds is 4. The molecule has 5 radical (unpaired) electrons. The number of carbonyl (C=O) groups is 1. The Morgan fingerprint density at radius 2 is 1.56 bits per heavy atom. The van der Waals surface area contributed by atoms with Crippen LogP contribution in [-0.2, 0) is 0 Å². The minimum Gasteiger partial charge on any atom is -0.478 e. The van der Waals surface area contributed by atoms with E-state index in [2.05, 4.69) is 0 Å². The van der Waals surface area contributed by atoms with Crippen molar-refractivity contribution in [1.29, 1.82) is 0 Å². The van der Waals surface area contributed by atoms with E-state index in [4.69, 9.17) is 5.11 Å². The van der Waals surface area contributed by atoms with Crippen LogP contribution in [0.5, 0.6) is 0 Å². The van der Waals surface area contributed by atoms with E-state index in [0.29, 0.717) is 5.56 Å². The Bertz CT molecular complexity index is 448. The molecule has 18 heavy (non-hydrogen) atoms. The molecule has 0 amide bonds. The van der Waals surface area contributed by atoms with Gasteiger partial charge in [0.25, 0.3) is 0 Å². The van der Waals surface area contributed by atoms with Crippen molar-refractivity contribution in [3.05, 3.63) is 85.2 Å². The van der Waals surface area contributed by atoms with Crippen molar-refractivity contribution in [2.45, 2.75) is 0 Å². The molecule has 0 heterocycles. The van der Waals surface area contributed by atoms with Crippen molar-refractivity contribution in [2.24, 2.45) is 0 Å². The van der Waals surface area contributed by atoms with E-state index in [1.54, 1.807) is 24.3 Å². The van der Waals surface area contributed by atoms with Gasteiger partial charge in [-0.2, -0.15) is 0 Å². The first-order valence-corrected chi connectivity index (χ1v) is 5.65. The average Bonchev–Trinajstić information content (AvgIpc) is 2.88. The lowest BCUT2D eigenvalue weighted by atomic mass is 10.1. The van der Waals surface area contributed by atoms with Gasteiger partial charge in [0.2, 0.25) is 0 Å². The summed E-state index contributed by atoms with van der Waals surface area (Å²) in [4.78, 5) is 10.7. The van der Waals surface area contributed by atoms with E-state index in [9.17, 15) is 4.79 Å². The Morgan fingerprint density at radius 1 is 0.944 bits per heavy atom. The maximum atomic E-state index is 10.7. The van der Waals surface area contributed by atoms with E-state index in [0.717, 1.165) is 5.56 Å². The lowest BCUT2D eigenvalue weighted by Crippen LogP contribution is -1.94. The van der Waals surface area contributed by atoms with Gasteiger partial charge in [-0.15, -0.1) is 0 Å². The Morgan fingerprint density at radius 3 is 2.17 bits per heavy atom. The highest BCUT2D eigenvalue weighted by atomic mass is 16.4. The van der Waals surface area contributed by atoms with Crippen molar-refractivity contribution in [3.63, 3.8) is 0 Å². The van der Waals surface area contributed by atoms with Crippen molar-refractivity contribution >= 4 is 12.0 Å². The SMILES string of the molecule is O=C(O)c1ccc(/C=C/C=C/[C]2[CH][CH][CH][CH]2)cc1. The predicted molar refractivity (Wildman–Crippen MR) is 72.0 cm³/mol. The van der Waals surface area contributed by atoms with Crippen molar-refractivity contribution in [2.75, 3.05) is 0 Å². The first kappa shape index (κ1) is 12.6. The molecule has 1 aliphatic rings. The van der Waals surface area contributed by atoms with E-state index in [-0.39, 0.29) is 0 Å². The molecule has 1 aromatic carbocycles. The number of hydrogen-bond acceptors (Lipinski definition) is 1. The molecule has 0 unspecified atom stereocenters. The van der Waals surface area contributed by atoms with Gasteiger partial charge >= 0.3 is 5.97 Å². The van der Waals surface area contributed by atoms with Gasteiger partial charge in [0.05, 0.1) is 5.56 Å². The molecule has 89 valence electrons. The summed E-state index contributed by atoms with van der Waals surface area (Å²) in [6.45, 7) is 0. The summed E-state index contributed by atoms with van der Waals surface area (Å²) >= 11 is 0. The molecule has 0 atom stereocenters. The highest BCUT2D eigenvalue weighted by Gasteiger charge is 2.12. The third-order valence-corrected chi connectivity index (χ3v) is 2.53. The molecule has 0 bridgehead atoms. The zero-order chi connectivity index (χ0) is 12.8. The first-order valence-electron chi connectivity index (χ1n) is 5.65. The van der Waals surface area contributed by atoms with E-state index in [1.807, 2.05) is 50.0 Å². The van der Waals surface area contributed by atoms with Crippen LogP contribution in [0.3, 0.4) is 0 Å². The van der Waals surface area contributed by atoms with E-state index >= 15 is 0 Å². The topological polar surface area (TPSA) is 37.3 Å². The van der Waals surface area contributed by atoms with Crippen LogP contribution in [0.1, 0.15) is 15.9 Å². The minimum atomic E-state index is -0.901. The average molecular weight is 237 g/mol. The van der Waals surface area contributed by atoms with Crippen LogP contribution >= 0.6 is 0 Å². The van der Waals surface area contributed by atoms with Gasteiger partial charge < -0.3 is 5.11 Å². The molecule has 2 rings (SSSR count). The maximum Gasteiger partial charge on any atom is 0.335 e. The zero-order valence-electron chi connectivity index (χ0n) is 9.78. The van der Waals surface area contributed by atoms with Crippen LogP contribution in [-0.4, -0.2) is 11.1 Å². The molecule has 2 nitrogen and oxygen atoms in total. The molecule has 1 fully saturated rings. The monoisotopic (exact) mass is 237 g/mol. The Balaban J connectivity index is 1.90. The molecular formula is C16H13O2. The number of carboxylic acids is 1. The molecule has 2 heteroatoms. The summed E-state index contributed by atoms with van der Waals surface area (Å²) in [6, 6.07) is 6.78. The number of carboxylic acid groups (broad SMARTS) is 1. The maximum absolute atomic E-state index is 10.7. The Hall–Kier alpha value is -1.83. The molecule has 0 spiro atoms. The summed E-state index contributed by atoms with van der Waals surface area (Å²) < 4.78 is 0. The van der Waals surface area contributed by atoms with Crippen molar-refractivity contribution < 1.29 is 9.90 Å². The number of allylic oxidation sites excluding steroid dienone is 3. The Kier molecular flexibility index (Phi) is 4.35. The fraction of sp³-hybridized carbons (Fsp3) is 0. The molecule has 0 saturated heterocycles. The quantitative estimate of drug-likeness (QED) is 0.815.